The third-order valence-corrected chi connectivity index (χ3v) is 5.24. The van der Waals surface area contributed by atoms with E-state index < -0.39 is 10.8 Å². The maximum absolute atomic E-state index is 11.9. The molecule has 1 aliphatic rings. The molecule has 0 spiro atoms. The lowest BCUT2D eigenvalue weighted by molar-refractivity contribution is 0.0377. The first-order chi connectivity index (χ1) is 9.89. The number of guanidine groups is 1. The number of nitrogens with one attached hydrogen (secondary N) is 1. The van der Waals surface area contributed by atoms with Gasteiger partial charge in [0.05, 0.1) is 13.2 Å². The van der Waals surface area contributed by atoms with Gasteiger partial charge in [0.1, 0.15) is 0 Å². The van der Waals surface area contributed by atoms with Crippen molar-refractivity contribution in [3.8, 4) is 0 Å². The number of hydrogen-bond donors (Lipinski definition) is 2. The van der Waals surface area contributed by atoms with Gasteiger partial charge in [-0.3, -0.25) is 14.1 Å². The predicted octanol–water partition coefficient (Wildman–Crippen LogP) is 0.778. The Morgan fingerprint density at radius 2 is 2.00 bits per heavy atom. The van der Waals surface area contributed by atoms with Crippen LogP contribution in [0.1, 0.15) is 27.2 Å². The minimum absolute atomic E-state index is 0. The molecular formula is C14H31IN4O2S. The van der Waals surface area contributed by atoms with Crippen molar-refractivity contribution in [1.82, 2.24) is 10.2 Å². The van der Waals surface area contributed by atoms with Gasteiger partial charge in [-0.15, -0.1) is 24.0 Å². The standard InChI is InChI=1S/C14H30N4O2S.HI/c1-14(2,3)21(19)12-6-17-13(15)16-5-4-7-18-8-10-20-11-9-18;/h4-12H2,1-3H3,(H3,15,16,17);1H. The summed E-state index contributed by atoms with van der Waals surface area (Å²) in [4.78, 5) is 6.68. The fourth-order valence-electron chi connectivity index (χ4n) is 1.95. The molecule has 1 heterocycles. The first-order valence-corrected chi connectivity index (χ1v) is 8.94. The Kier molecular flexibility index (Phi) is 11.6. The van der Waals surface area contributed by atoms with Crippen LogP contribution in [0.5, 0.6) is 0 Å². The number of ether oxygens (including phenoxy) is 1. The molecule has 0 aromatic heterocycles. The predicted molar refractivity (Wildman–Crippen MR) is 105 cm³/mol. The Balaban J connectivity index is 0.00000441. The molecule has 22 heavy (non-hydrogen) atoms. The molecule has 0 saturated carbocycles. The summed E-state index contributed by atoms with van der Waals surface area (Å²) in [6.45, 7) is 12.0. The Bertz CT molecular complexity index is 355. The normalized spacial score (nSPS) is 18.6. The van der Waals surface area contributed by atoms with E-state index in [1.807, 2.05) is 20.8 Å². The Morgan fingerprint density at radius 3 is 2.59 bits per heavy atom. The van der Waals surface area contributed by atoms with Crippen molar-refractivity contribution in [1.29, 1.82) is 0 Å². The molecule has 8 heteroatoms. The van der Waals surface area contributed by atoms with E-state index in [0.717, 1.165) is 45.8 Å². The fourth-order valence-corrected chi connectivity index (χ4v) is 2.85. The summed E-state index contributed by atoms with van der Waals surface area (Å²) in [5.41, 5.74) is 5.79. The van der Waals surface area contributed by atoms with Crippen LogP contribution in [0.25, 0.3) is 0 Å². The summed E-state index contributed by atoms with van der Waals surface area (Å²) >= 11 is 0. The van der Waals surface area contributed by atoms with Crippen molar-refractivity contribution < 1.29 is 8.95 Å². The molecule has 0 aromatic carbocycles. The van der Waals surface area contributed by atoms with Crippen LogP contribution in [0.15, 0.2) is 4.99 Å². The van der Waals surface area contributed by atoms with Crippen molar-refractivity contribution in [2.75, 3.05) is 51.7 Å². The Morgan fingerprint density at radius 1 is 1.36 bits per heavy atom. The SMILES string of the molecule is CC(C)(C)S(=O)CCNC(N)=NCCCN1CCOCC1.I. The molecule has 3 N–H and O–H groups in total. The Labute approximate surface area is 154 Å². The van der Waals surface area contributed by atoms with Crippen LogP contribution in [-0.2, 0) is 15.5 Å². The molecule has 1 unspecified atom stereocenters. The Hall–Kier alpha value is 0.0700. The lowest BCUT2D eigenvalue weighted by Crippen LogP contribution is -2.38. The second-order valence-electron chi connectivity index (χ2n) is 6.16. The van der Waals surface area contributed by atoms with Crippen LogP contribution >= 0.6 is 24.0 Å². The molecule has 1 saturated heterocycles. The highest BCUT2D eigenvalue weighted by atomic mass is 127. The van der Waals surface area contributed by atoms with Gasteiger partial charge in [0.25, 0.3) is 0 Å². The molecule has 6 nitrogen and oxygen atoms in total. The zero-order chi connectivity index (χ0) is 15.7. The van der Waals surface area contributed by atoms with Crippen molar-refractivity contribution in [3.05, 3.63) is 0 Å². The van der Waals surface area contributed by atoms with Crippen LogP contribution in [0.3, 0.4) is 0 Å². The summed E-state index contributed by atoms with van der Waals surface area (Å²) in [5, 5.41) is 3.03. The van der Waals surface area contributed by atoms with Crippen LogP contribution in [-0.4, -0.2) is 71.5 Å². The second kappa shape index (κ2) is 11.6. The summed E-state index contributed by atoms with van der Waals surface area (Å²) < 4.78 is 17.0. The van der Waals surface area contributed by atoms with Gasteiger partial charge in [-0.2, -0.15) is 0 Å². The van der Waals surface area contributed by atoms with Gasteiger partial charge >= 0.3 is 0 Å². The topological polar surface area (TPSA) is 80.0 Å². The number of halogens is 1. The lowest BCUT2D eigenvalue weighted by Gasteiger charge is -2.26. The molecule has 132 valence electrons. The van der Waals surface area contributed by atoms with E-state index in [1.165, 1.54) is 0 Å². The van der Waals surface area contributed by atoms with Gasteiger partial charge in [0, 0.05) is 54.0 Å². The van der Waals surface area contributed by atoms with Crippen molar-refractivity contribution in [2.45, 2.75) is 31.9 Å². The molecule has 0 bridgehead atoms. The quantitative estimate of drug-likeness (QED) is 0.262. The van der Waals surface area contributed by atoms with Gasteiger partial charge in [0.15, 0.2) is 5.96 Å². The van der Waals surface area contributed by atoms with E-state index in [2.05, 4.69) is 15.2 Å². The number of aliphatic imine (C=N–C) groups is 1. The van der Waals surface area contributed by atoms with Crippen LogP contribution in [0.4, 0.5) is 0 Å². The molecule has 1 fully saturated rings. The first kappa shape index (κ1) is 22.1. The van der Waals surface area contributed by atoms with Gasteiger partial charge in [-0.05, 0) is 27.2 Å². The van der Waals surface area contributed by atoms with Gasteiger partial charge in [0.2, 0.25) is 0 Å². The fraction of sp³-hybridized carbons (Fsp3) is 0.929. The maximum atomic E-state index is 11.9. The monoisotopic (exact) mass is 446 g/mol. The van der Waals surface area contributed by atoms with Crippen molar-refractivity contribution in [3.63, 3.8) is 0 Å². The minimum Gasteiger partial charge on any atom is -0.379 e. The van der Waals surface area contributed by atoms with E-state index in [9.17, 15) is 4.21 Å². The highest BCUT2D eigenvalue weighted by Crippen LogP contribution is 2.10. The average molecular weight is 446 g/mol. The van der Waals surface area contributed by atoms with Gasteiger partial charge in [-0.25, -0.2) is 0 Å². The molecule has 0 aromatic rings. The van der Waals surface area contributed by atoms with E-state index in [1.54, 1.807) is 0 Å². The van der Waals surface area contributed by atoms with Crippen LogP contribution in [0, 0.1) is 0 Å². The molecular weight excluding hydrogens is 415 g/mol. The zero-order valence-corrected chi connectivity index (χ0v) is 17.1. The minimum atomic E-state index is -0.856. The van der Waals surface area contributed by atoms with Crippen molar-refractivity contribution in [2.24, 2.45) is 10.7 Å². The van der Waals surface area contributed by atoms with Crippen molar-refractivity contribution >= 4 is 40.7 Å². The smallest absolute Gasteiger partial charge is 0.188 e. The largest absolute Gasteiger partial charge is 0.379 e. The highest BCUT2D eigenvalue weighted by molar-refractivity contribution is 14.0. The molecule has 1 aliphatic heterocycles. The number of hydrogen-bond acceptors (Lipinski definition) is 4. The third kappa shape index (κ3) is 9.96. The summed E-state index contributed by atoms with van der Waals surface area (Å²) in [7, 11) is -0.856. The zero-order valence-electron chi connectivity index (χ0n) is 14.0. The molecule has 1 atom stereocenters. The first-order valence-electron chi connectivity index (χ1n) is 7.62. The van der Waals surface area contributed by atoms with Crippen LogP contribution < -0.4 is 11.1 Å². The maximum Gasteiger partial charge on any atom is 0.188 e. The average Bonchev–Trinajstić information content (AvgIpc) is 2.43. The summed E-state index contributed by atoms with van der Waals surface area (Å²) in [6, 6.07) is 0. The summed E-state index contributed by atoms with van der Waals surface area (Å²) in [6.07, 6.45) is 0.996. The molecule has 1 rings (SSSR count). The number of nitrogens with two attached hydrogens (primary N) is 1. The van der Waals surface area contributed by atoms with Gasteiger partial charge in [-0.1, -0.05) is 0 Å². The molecule has 0 radical (unpaired) electrons. The van der Waals surface area contributed by atoms with Crippen LogP contribution in [0.2, 0.25) is 0 Å². The van der Waals surface area contributed by atoms with E-state index in [0.29, 0.717) is 18.3 Å². The summed E-state index contributed by atoms with van der Waals surface area (Å²) in [5.74, 6) is 1.04. The van der Waals surface area contributed by atoms with E-state index in [-0.39, 0.29) is 28.7 Å². The molecule has 0 aliphatic carbocycles. The molecule has 0 amide bonds. The third-order valence-electron chi connectivity index (χ3n) is 3.29. The second-order valence-corrected chi connectivity index (χ2v) is 8.49. The van der Waals surface area contributed by atoms with E-state index >= 15 is 0 Å². The number of rotatable bonds is 7. The highest BCUT2D eigenvalue weighted by Gasteiger charge is 2.18. The number of nitrogens with zero attached hydrogens (tertiary/aromatic N) is 2. The number of morpholine rings is 1. The van der Waals surface area contributed by atoms with E-state index in [4.69, 9.17) is 10.5 Å². The van der Waals surface area contributed by atoms with Gasteiger partial charge < -0.3 is 15.8 Å². The lowest BCUT2D eigenvalue weighted by atomic mass is 10.3.